The monoisotopic (exact) mass is 779 g/mol. The second-order valence-corrected chi connectivity index (χ2v) is 15.5. The lowest BCUT2D eigenvalue weighted by molar-refractivity contribution is -0.309. The standard InChI is InChI=1S/C39H57NO15/c1-22-13-11-9-7-6-8-10-12-14-25(53-36-34(45)32(40)33(44)23(2)52-36)18-29-31(35(46)49-21-50-37(47)38(3,4)5)26(42)20-39(48,55-29)19-24(41)17-28-27(54-28)15-16-30(43)51-22/h6-12,14-16,22-29,31-34,36,41-42,44-45,48H,13,17-21,40H2,1-5H3/b7-6+,10-8+,11-9+,14-12+,16-15+/t22-,23+,24?,25+,26?,27?,28-,29+,31-,32?,33-,34?,36?,39-/m1/s1. The van der Waals surface area contributed by atoms with Gasteiger partial charge in [0.15, 0.2) is 12.1 Å². The fraction of sp³-hybridized carbons (Fsp3) is 0.667. The Morgan fingerprint density at radius 3 is 2.31 bits per heavy atom. The molecule has 2 bridgehead atoms. The first-order valence-corrected chi connectivity index (χ1v) is 18.6. The van der Waals surface area contributed by atoms with Crippen molar-refractivity contribution in [3.63, 3.8) is 0 Å². The van der Waals surface area contributed by atoms with Crippen LogP contribution in [0.5, 0.6) is 0 Å². The van der Waals surface area contributed by atoms with Crippen LogP contribution in [0.2, 0.25) is 0 Å². The zero-order chi connectivity index (χ0) is 40.5. The van der Waals surface area contributed by atoms with Gasteiger partial charge in [0, 0.05) is 38.2 Å². The molecule has 4 heterocycles. The molecule has 7 N–H and O–H groups in total. The van der Waals surface area contributed by atoms with E-state index in [9.17, 15) is 39.9 Å². The van der Waals surface area contributed by atoms with Crippen molar-refractivity contribution in [2.75, 3.05) is 6.79 Å². The van der Waals surface area contributed by atoms with Gasteiger partial charge in [0.25, 0.3) is 0 Å². The van der Waals surface area contributed by atoms with Crippen LogP contribution >= 0.6 is 0 Å². The van der Waals surface area contributed by atoms with Crippen LogP contribution in [0.25, 0.3) is 0 Å². The molecule has 55 heavy (non-hydrogen) atoms. The highest BCUT2D eigenvalue weighted by atomic mass is 16.7. The zero-order valence-electron chi connectivity index (χ0n) is 31.9. The van der Waals surface area contributed by atoms with Gasteiger partial charge in [-0.1, -0.05) is 48.6 Å². The fourth-order valence-corrected chi connectivity index (χ4v) is 6.44. The minimum Gasteiger partial charge on any atom is -0.459 e. The molecule has 6 unspecified atom stereocenters. The third kappa shape index (κ3) is 13.4. The predicted molar refractivity (Wildman–Crippen MR) is 194 cm³/mol. The van der Waals surface area contributed by atoms with Gasteiger partial charge in [-0.25, -0.2) is 4.79 Å². The van der Waals surface area contributed by atoms with Crippen LogP contribution in [0.3, 0.4) is 0 Å². The summed E-state index contributed by atoms with van der Waals surface area (Å²) in [7, 11) is 0. The number of aliphatic hydroxyl groups excluding tert-OH is 4. The van der Waals surface area contributed by atoms with Gasteiger partial charge in [-0.05, 0) is 40.7 Å². The molecule has 14 atom stereocenters. The number of nitrogens with two attached hydrogens (primary N) is 1. The summed E-state index contributed by atoms with van der Waals surface area (Å²) in [6, 6.07) is -1.11. The number of aliphatic hydroxyl groups is 5. The Labute approximate surface area is 321 Å². The van der Waals surface area contributed by atoms with E-state index in [2.05, 4.69) is 0 Å². The van der Waals surface area contributed by atoms with E-state index in [1.165, 1.54) is 12.2 Å². The number of carbonyl (C=O) groups excluding carboxylic acids is 3. The Bertz CT molecular complexity index is 1450. The van der Waals surface area contributed by atoms with Crippen LogP contribution in [0.1, 0.15) is 66.7 Å². The molecular formula is C39H57NO15. The van der Waals surface area contributed by atoms with Crippen molar-refractivity contribution < 1.29 is 73.1 Å². The number of allylic oxidation sites excluding steroid dienone is 6. The average Bonchev–Trinajstić information content (AvgIpc) is 3.83. The highest BCUT2D eigenvalue weighted by Crippen LogP contribution is 2.39. The third-order valence-electron chi connectivity index (χ3n) is 9.57. The normalized spacial score (nSPS) is 42.2. The maximum Gasteiger partial charge on any atom is 0.330 e. The highest BCUT2D eigenvalue weighted by Gasteiger charge is 2.52. The van der Waals surface area contributed by atoms with Gasteiger partial charge in [0.05, 0.1) is 54.2 Å². The average molecular weight is 780 g/mol. The summed E-state index contributed by atoms with van der Waals surface area (Å²) in [6.07, 6.45) is 4.79. The molecule has 16 heteroatoms. The number of cyclic esters (lactones) is 1. The Kier molecular flexibility index (Phi) is 15.9. The maximum atomic E-state index is 13.5. The second-order valence-electron chi connectivity index (χ2n) is 15.5. The van der Waals surface area contributed by atoms with Crippen molar-refractivity contribution in [1.29, 1.82) is 0 Å². The van der Waals surface area contributed by atoms with Crippen LogP contribution in [-0.2, 0) is 47.5 Å². The summed E-state index contributed by atoms with van der Waals surface area (Å²) >= 11 is 0. The number of esters is 3. The van der Waals surface area contributed by atoms with Crippen molar-refractivity contribution in [3.05, 3.63) is 60.8 Å². The third-order valence-corrected chi connectivity index (χ3v) is 9.57. The van der Waals surface area contributed by atoms with Crippen LogP contribution in [0.4, 0.5) is 0 Å². The lowest BCUT2D eigenvalue weighted by Crippen LogP contribution is -2.61. The lowest BCUT2D eigenvalue weighted by Gasteiger charge is -2.45. The number of ether oxygens (including phenoxy) is 7. The molecule has 4 aliphatic rings. The molecule has 0 aromatic carbocycles. The Morgan fingerprint density at radius 2 is 1.60 bits per heavy atom. The summed E-state index contributed by atoms with van der Waals surface area (Å²) in [5.41, 5.74) is 5.18. The van der Waals surface area contributed by atoms with Gasteiger partial charge < -0.3 is 64.4 Å². The second kappa shape index (κ2) is 19.7. The van der Waals surface area contributed by atoms with Crippen molar-refractivity contribution in [1.82, 2.24) is 0 Å². The van der Waals surface area contributed by atoms with E-state index in [4.69, 9.17) is 38.9 Å². The molecule has 308 valence electrons. The number of epoxide rings is 1. The van der Waals surface area contributed by atoms with Crippen LogP contribution in [0.15, 0.2) is 60.8 Å². The first-order valence-electron chi connectivity index (χ1n) is 18.6. The van der Waals surface area contributed by atoms with Crippen LogP contribution in [-0.4, -0.2) is 129 Å². The van der Waals surface area contributed by atoms with Crippen LogP contribution in [0, 0.1) is 11.3 Å². The van der Waals surface area contributed by atoms with Crippen LogP contribution < -0.4 is 5.73 Å². The molecule has 0 spiro atoms. The molecule has 3 saturated heterocycles. The summed E-state index contributed by atoms with van der Waals surface area (Å²) in [5.74, 6) is -5.74. The Balaban J connectivity index is 1.63. The molecule has 0 aliphatic carbocycles. The number of carbonyl (C=O) groups is 3. The first-order chi connectivity index (χ1) is 25.9. The molecular weight excluding hydrogens is 722 g/mol. The quantitative estimate of drug-likeness (QED) is 0.130. The Morgan fingerprint density at radius 1 is 0.909 bits per heavy atom. The molecule has 0 saturated carbocycles. The smallest absolute Gasteiger partial charge is 0.330 e. The molecule has 3 fully saturated rings. The van der Waals surface area contributed by atoms with Crippen molar-refractivity contribution in [3.8, 4) is 0 Å². The minimum atomic E-state index is -2.15. The van der Waals surface area contributed by atoms with E-state index in [1.807, 2.05) is 6.08 Å². The van der Waals surface area contributed by atoms with E-state index in [0.717, 1.165) is 0 Å². The summed E-state index contributed by atoms with van der Waals surface area (Å²) in [5, 5.41) is 55.3. The number of rotatable bonds is 5. The van der Waals surface area contributed by atoms with Crippen molar-refractivity contribution in [2.45, 2.75) is 146 Å². The fourth-order valence-electron chi connectivity index (χ4n) is 6.44. The van der Waals surface area contributed by atoms with Gasteiger partial charge >= 0.3 is 17.9 Å². The highest BCUT2D eigenvalue weighted by molar-refractivity contribution is 5.82. The lowest BCUT2D eigenvalue weighted by atomic mass is 9.83. The topological polar surface area (TPSA) is 246 Å². The van der Waals surface area contributed by atoms with E-state index < -0.39 is 116 Å². The molecule has 4 aliphatic heterocycles. The zero-order valence-corrected chi connectivity index (χ0v) is 31.9. The molecule has 0 aromatic rings. The Hall–Kier alpha value is -3.29. The van der Waals surface area contributed by atoms with E-state index in [1.54, 1.807) is 77.2 Å². The number of hydrogen-bond acceptors (Lipinski definition) is 16. The van der Waals surface area contributed by atoms with Gasteiger partial charge in [-0.3, -0.25) is 9.59 Å². The summed E-state index contributed by atoms with van der Waals surface area (Å²) in [4.78, 5) is 38.1. The molecule has 0 radical (unpaired) electrons. The van der Waals surface area contributed by atoms with Crippen molar-refractivity contribution in [2.24, 2.45) is 17.1 Å². The number of fused-ring (bicyclic) bond motifs is 3. The summed E-state index contributed by atoms with van der Waals surface area (Å²) < 4.78 is 39.4. The van der Waals surface area contributed by atoms with Gasteiger partial charge in [0.2, 0.25) is 6.79 Å². The predicted octanol–water partition coefficient (Wildman–Crippen LogP) is 1.13. The molecule has 0 aromatic heterocycles. The summed E-state index contributed by atoms with van der Waals surface area (Å²) in [6.45, 7) is 7.47. The maximum absolute atomic E-state index is 13.5. The number of hydrogen-bond donors (Lipinski definition) is 6. The molecule has 16 nitrogen and oxygen atoms in total. The van der Waals surface area contributed by atoms with E-state index in [-0.39, 0.29) is 25.4 Å². The van der Waals surface area contributed by atoms with E-state index >= 15 is 0 Å². The largest absolute Gasteiger partial charge is 0.459 e. The van der Waals surface area contributed by atoms with Crippen molar-refractivity contribution >= 4 is 17.9 Å². The van der Waals surface area contributed by atoms with Gasteiger partial charge in [-0.2, -0.15) is 0 Å². The van der Waals surface area contributed by atoms with Gasteiger partial charge in [-0.15, -0.1) is 0 Å². The first kappa shape index (κ1) is 44.4. The molecule has 0 amide bonds. The van der Waals surface area contributed by atoms with E-state index in [0.29, 0.717) is 6.42 Å². The SMILES string of the molecule is C[C@@H]1C/C=C/C=C/C=C/C=C/[C@H](OC2O[C@@H](C)[C@@H](O)C(N)C2O)C[C@@H]2O[C@](O)(CC(O)C[C@H]3OC3/C=C/C(=O)O1)CC(O)[C@H]2C(=O)OCOC(=O)C(C)(C)C. The van der Waals surface area contributed by atoms with Gasteiger partial charge in [0.1, 0.15) is 24.2 Å². The minimum absolute atomic E-state index is 0.0534. The molecule has 4 rings (SSSR count).